The molecule has 0 radical (unpaired) electrons. The molecule has 4 nitrogen and oxygen atoms in total. The predicted octanol–water partition coefficient (Wildman–Crippen LogP) is 2.32. The molecule has 1 fully saturated rings. The second kappa shape index (κ2) is 5.44. The average Bonchev–Trinajstić information content (AvgIpc) is 2.84. The average molecular weight is 275 g/mol. The first-order valence-electron chi connectivity index (χ1n) is 7.35. The van der Waals surface area contributed by atoms with E-state index in [4.69, 9.17) is 4.74 Å². The Morgan fingerprint density at radius 1 is 1.35 bits per heavy atom. The molecule has 2 heterocycles. The molecule has 0 amide bonds. The van der Waals surface area contributed by atoms with Crippen LogP contribution in [0.5, 0.6) is 0 Å². The number of hydrogen-bond acceptors (Lipinski definition) is 3. The van der Waals surface area contributed by atoms with Crippen LogP contribution in [0.4, 0.5) is 5.69 Å². The third-order valence-electron chi connectivity index (χ3n) is 4.51. The normalized spacial score (nSPS) is 26.1. The molecule has 0 bridgehead atoms. The van der Waals surface area contributed by atoms with Gasteiger partial charge in [0.2, 0.25) is 0 Å². The number of carboxylic acid groups (broad SMARTS) is 1. The van der Waals surface area contributed by atoms with Crippen molar-refractivity contribution in [2.75, 3.05) is 31.2 Å². The zero-order valence-electron chi connectivity index (χ0n) is 11.7. The van der Waals surface area contributed by atoms with Gasteiger partial charge in [-0.1, -0.05) is 18.2 Å². The van der Waals surface area contributed by atoms with Crippen LogP contribution in [0.1, 0.15) is 24.8 Å². The van der Waals surface area contributed by atoms with E-state index in [9.17, 15) is 9.90 Å². The number of ether oxygens (including phenoxy) is 1. The van der Waals surface area contributed by atoms with Crippen LogP contribution >= 0.6 is 0 Å². The lowest BCUT2D eigenvalue weighted by Gasteiger charge is -2.33. The van der Waals surface area contributed by atoms with Crippen LogP contribution in [-0.4, -0.2) is 37.4 Å². The number of carbonyl (C=O) groups is 1. The standard InChI is InChI=1S/C16H21NO3/c18-15(19)16(8-10-20-12-16)11-17-9-4-3-6-13-5-1-2-7-14(13)17/h1-2,5,7H,3-4,6,8-12H2,(H,18,19). The summed E-state index contributed by atoms with van der Waals surface area (Å²) in [6, 6.07) is 8.38. The lowest BCUT2D eigenvalue weighted by atomic mass is 9.86. The predicted molar refractivity (Wildman–Crippen MR) is 77.1 cm³/mol. The molecule has 3 rings (SSSR count). The molecule has 0 aliphatic carbocycles. The summed E-state index contributed by atoms with van der Waals surface area (Å²) < 4.78 is 5.38. The van der Waals surface area contributed by atoms with E-state index in [0.29, 0.717) is 26.2 Å². The van der Waals surface area contributed by atoms with E-state index in [0.717, 1.165) is 19.4 Å². The number of aliphatic carboxylic acids is 1. The van der Waals surface area contributed by atoms with Gasteiger partial charge in [-0.05, 0) is 37.3 Å². The van der Waals surface area contributed by atoms with Crippen molar-refractivity contribution < 1.29 is 14.6 Å². The van der Waals surface area contributed by atoms with Gasteiger partial charge in [-0.2, -0.15) is 0 Å². The molecule has 20 heavy (non-hydrogen) atoms. The van der Waals surface area contributed by atoms with Crippen molar-refractivity contribution in [2.45, 2.75) is 25.7 Å². The molecule has 1 aromatic rings. The fourth-order valence-electron chi connectivity index (χ4n) is 3.27. The van der Waals surface area contributed by atoms with Gasteiger partial charge in [0.1, 0.15) is 5.41 Å². The molecule has 1 unspecified atom stereocenters. The van der Waals surface area contributed by atoms with Gasteiger partial charge in [-0.3, -0.25) is 4.79 Å². The van der Waals surface area contributed by atoms with E-state index in [-0.39, 0.29) is 0 Å². The molecule has 108 valence electrons. The van der Waals surface area contributed by atoms with Gasteiger partial charge in [0.15, 0.2) is 0 Å². The molecule has 2 aliphatic heterocycles. The third-order valence-corrected chi connectivity index (χ3v) is 4.51. The van der Waals surface area contributed by atoms with Gasteiger partial charge >= 0.3 is 5.97 Å². The molecule has 1 aromatic carbocycles. The van der Waals surface area contributed by atoms with Crippen LogP contribution in [-0.2, 0) is 16.0 Å². The lowest BCUT2D eigenvalue weighted by molar-refractivity contribution is -0.148. The topological polar surface area (TPSA) is 49.8 Å². The second-order valence-corrected chi connectivity index (χ2v) is 5.90. The molecule has 1 N–H and O–H groups in total. The van der Waals surface area contributed by atoms with Crippen LogP contribution in [0.2, 0.25) is 0 Å². The highest BCUT2D eigenvalue weighted by molar-refractivity contribution is 5.76. The minimum absolute atomic E-state index is 0.334. The minimum atomic E-state index is -0.739. The lowest BCUT2D eigenvalue weighted by Crippen LogP contribution is -2.44. The number of carboxylic acids is 1. The van der Waals surface area contributed by atoms with Crippen molar-refractivity contribution in [3.05, 3.63) is 29.8 Å². The summed E-state index contributed by atoms with van der Waals surface area (Å²) in [6.07, 6.45) is 3.99. The van der Waals surface area contributed by atoms with Crippen LogP contribution < -0.4 is 4.90 Å². The Hall–Kier alpha value is -1.55. The van der Waals surface area contributed by atoms with E-state index >= 15 is 0 Å². The maximum absolute atomic E-state index is 11.7. The summed E-state index contributed by atoms with van der Waals surface area (Å²) in [5.41, 5.74) is 1.80. The van der Waals surface area contributed by atoms with Crippen molar-refractivity contribution in [3.63, 3.8) is 0 Å². The largest absolute Gasteiger partial charge is 0.481 e. The highest BCUT2D eigenvalue weighted by Gasteiger charge is 2.44. The van der Waals surface area contributed by atoms with Crippen molar-refractivity contribution in [2.24, 2.45) is 5.41 Å². The van der Waals surface area contributed by atoms with Gasteiger partial charge < -0.3 is 14.7 Å². The number of benzene rings is 1. The summed E-state index contributed by atoms with van der Waals surface area (Å²) >= 11 is 0. The van der Waals surface area contributed by atoms with Gasteiger partial charge in [0.05, 0.1) is 6.61 Å². The minimum Gasteiger partial charge on any atom is -0.481 e. The number of para-hydroxylation sites is 1. The van der Waals surface area contributed by atoms with Crippen LogP contribution in [0, 0.1) is 5.41 Å². The van der Waals surface area contributed by atoms with Crippen molar-refractivity contribution in [1.29, 1.82) is 0 Å². The monoisotopic (exact) mass is 275 g/mol. The molecule has 2 aliphatic rings. The van der Waals surface area contributed by atoms with Crippen LogP contribution in [0.15, 0.2) is 24.3 Å². The highest BCUT2D eigenvalue weighted by Crippen LogP contribution is 2.34. The smallest absolute Gasteiger partial charge is 0.313 e. The quantitative estimate of drug-likeness (QED) is 0.919. The van der Waals surface area contributed by atoms with Crippen molar-refractivity contribution in [3.8, 4) is 0 Å². The Labute approximate surface area is 119 Å². The number of hydrogen-bond donors (Lipinski definition) is 1. The van der Waals surface area contributed by atoms with Gasteiger partial charge in [-0.25, -0.2) is 0 Å². The molecule has 1 saturated heterocycles. The zero-order valence-corrected chi connectivity index (χ0v) is 11.7. The molecule has 0 aromatic heterocycles. The van der Waals surface area contributed by atoms with Crippen LogP contribution in [0.3, 0.4) is 0 Å². The van der Waals surface area contributed by atoms with E-state index < -0.39 is 11.4 Å². The van der Waals surface area contributed by atoms with Gasteiger partial charge in [0.25, 0.3) is 0 Å². The van der Waals surface area contributed by atoms with Crippen molar-refractivity contribution in [1.82, 2.24) is 0 Å². The highest BCUT2D eigenvalue weighted by atomic mass is 16.5. The second-order valence-electron chi connectivity index (χ2n) is 5.90. The van der Waals surface area contributed by atoms with E-state index in [1.165, 1.54) is 17.7 Å². The summed E-state index contributed by atoms with van der Waals surface area (Å²) in [6.45, 7) is 2.38. The Kier molecular flexibility index (Phi) is 3.66. The van der Waals surface area contributed by atoms with E-state index in [1.54, 1.807) is 0 Å². The fourth-order valence-corrected chi connectivity index (χ4v) is 3.27. The van der Waals surface area contributed by atoms with Crippen molar-refractivity contribution >= 4 is 11.7 Å². The number of anilines is 1. The van der Waals surface area contributed by atoms with E-state index in [1.807, 2.05) is 6.07 Å². The summed E-state index contributed by atoms with van der Waals surface area (Å²) in [4.78, 5) is 13.9. The first-order valence-corrected chi connectivity index (χ1v) is 7.35. The van der Waals surface area contributed by atoms with Crippen LogP contribution in [0.25, 0.3) is 0 Å². The summed E-state index contributed by atoms with van der Waals surface area (Å²) in [5.74, 6) is -0.725. The maximum atomic E-state index is 11.7. The number of aryl methyl sites for hydroxylation is 1. The maximum Gasteiger partial charge on any atom is 0.313 e. The Morgan fingerprint density at radius 2 is 2.20 bits per heavy atom. The van der Waals surface area contributed by atoms with Gasteiger partial charge in [-0.15, -0.1) is 0 Å². The molecule has 0 saturated carbocycles. The number of fused-ring (bicyclic) bond motifs is 1. The molecule has 4 heteroatoms. The van der Waals surface area contributed by atoms with E-state index in [2.05, 4.69) is 23.1 Å². The summed E-state index contributed by atoms with van der Waals surface area (Å²) in [5, 5.41) is 9.61. The zero-order chi connectivity index (χ0) is 14.0. The SMILES string of the molecule is O=C(O)C1(CN2CCCCc3ccccc32)CCOC1. The fraction of sp³-hybridized carbons (Fsp3) is 0.562. The summed E-state index contributed by atoms with van der Waals surface area (Å²) in [7, 11) is 0. The first kappa shape index (κ1) is 13.4. The number of nitrogens with zero attached hydrogens (tertiary/aromatic N) is 1. The molecular weight excluding hydrogens is 254 g/mol. The number of rotatable bonds is 3. The molecular formula is C16H21NO3. The Morgan fingerprint density at radius 3 is 2.95 bits per heavy atom. The first-order chi connectivity index (χ1) is 9.71. The molecule has 1 atom stereocenters. The Bertz CT molecular complexity index is 494. The molecule has 0 spiro atoms. The third kappa shape index (κ3) is 2.40. The Balaban J connectivity index is 1.88. The van der Waals surface area contributed by atoms with Gasteiger partial charge in [0, 0.05) is 25.4 Å².